The summed E-state index contributed by atoms with van der Waals surface area (Å²) < 4.78 is 8.05. The Balaban J connectivity index is 1.33. The van der Waals surface area contributed by atoms with E-state index in [4.69, 9.17) is 4.74 Å². The van der Waals surface area contributed by atoms with Gasteiger partial charge in [0.25, 0.3) is 0 Å². The molecule has 1 aromatic heterocycles. The zero-order valence-electron chi connectivity index (χ0n) is 14.5. The minimum absolute atomic E-state index is 0.0840. The molecule has 2 heterocycles. The van der Waals surface area contributed by atoms with E-state index in [1.807, 2.05) is 48.8 Å². The van der Waals surface area contributed by atoms with Gasteiger partial charge in [-0.15, -0.1) is 0 Å². The van der Waals surface area contributed by atoms with E-state index in [1.165, 1.54) is 0 Å². The van der Waals surface area contributed by atoms with E-state index in [-0.39, 0.29) is 5.91 Å². The van der Waals surface area contributed by atoms with Gasteiger partial charge in [-0.3, -0.25) is 4.79 Å². The van der Waals surface area contributed by atoms with Gasteiger partial charge in [-0.1, -0.05) is 30.3 Å². The highest BCUT2D eigenvalue weighted by Crippen LogP contribution is 2.27. The van der Waals surface area contributed by atoms with Crippen LogP contribution in [0.4, 0.5) is 5.69 Å². The summed E-state index contributed by atoms with van der Waals surface area (Å²) in [7, 11) is 0. The van der Waals surface area contributed by atoms with Gasteiger partial charge >= 0.3 is 0 Å². The van der Waals surface area contributed by atoms with Crippen LogP contribution in [-0.4, -0.2) is 22.1 Å². The molecule has 1 aliphatic rings. The lowest BCUT2D eigenvalue weighted by Crippen LogP contribution is -2.18. The first-order chi connectivity index (χ1) is 12.8. The monoisotopic (exact) mass is 347 g/mol. The standard InChI is InChI=1S/C21H21N3O2/c25-20-10-7-17-15-18(8-9-19(17)23-20)26-14-4-12-24-13-11-22-21(24)16-5-2-1-3-6-16/h1-3,5-6,8-9,11,13,15H,4,7,10,12,14H2,(H,23,25). The fourth-order valence-electron chi connectivity index (χ4n) is 3.21. The molecule has 0 bridgehead atoms. The third kappa shape index (κ3) is 3.61. The Morgan fingerprint density at radius 2 is 2.00 bits per heavy atom. The van der Waals surface area contributed by atoms with Crippen molar-refractivity contribution in [3.8, 4) is 17.1 Å². The summed E-state index contributed by atoms with van der Waals surface area (Å²) in [6, 6.07) is 16.1. The molecule has 2 aromatic carbocycles. The van der Waals surface area contributed by atoms with E-state index < -0.39 is 0 Å². The number of imidazole rings is 1. The molecule has 0 radical (unpaired) electrons. The maximum absolute atomic E-state index is 11.4. The van der Waals surface area contributed by atoms with Crippen molar-refractivity contribution < 1.29 is 9.53 Å². The van der Waals surface area contributed by atoms with Gasteiger partial charge in [-0.25, -0.2) is 4.98 Å². The molecule has 1 N–H and O–H groups in total. The quantitative estimate of drug-likeness (QED) is 0.688. The second kappa shape index (κ2) is 7.44. The smallest absolute Gasteiger partial charge is 0.224 e. The molecule has 132 valence electrons. The van der Waals surface area contributed by atoms with Gasteiger partial charge in [-0.05, 0) is 36.6 Å². The number of carbonyl (C=O) groups is 1. The van der Waals surface area contributed by atoms with Gasteiger partial charge in [0.2, 0.25) is 5.91 Å². The lowest BCUT2D eigenvalue weighted by Gasteiger charge is -2.17. The number of aryl methyl sites for hydroxylation is 2. The number of amides is 1. The van der Waals surface area contributed by atoms with Crippen LogP contribution in [0.2, 0.25) is 0 Å². The van der Waals surface area contributed by atoms with Crippen molar-refractivity contribution in [2.75, 3.05) is 11.9 Å². The van der Waals surface area contributed by atoms with Crippen molar-refractivity contribution in [2.45, 2.75) is 25.8 Å². The second-order valence-electron chi connectivity index (χ2n) is 6.38. The predicted octanol–water partition coefficient (Wildman–Crippen LogP) is 3.90. The van der Waals surface area contributed by atoms with Crippen LogP contribution in [0, 0.1) is 0 Å². The number of benzene rings is 2. The summed E-state index contributed by atoms with van der Waals surface area (Å²) in [6.07, 6.45) is 6.04. The maximum Gasteiger partial charge on any atom is 0.224 e. The van der Waals surface area contributed by atoms with Crippen LogP contribution >= 0.6 is 0 Å². The summed E-state index contributed by atoms with van der Waals surface area (Å²) in [6.45, 7) is 1.49. The third-order valence-electron chi connectivity index (χ3n) is 4.53. The molecule has 0 unspecified atom stereocenters. The molecular formula is C21H21N3O2. The Morgan fingerprint density at radius 1 is 1.12 bits per heavy atom. The molecule has 1 aliphatic heterocycles. The third-order valence-corrected chi connectivity index (χ3v) is 4.53. The average Bonchev–Trinajstić information content (AvgIpc) is 3.14. The first kappa shape index (κ1) is 16.4. The SMILES string of the molecule is O=C1CCc2cc(OCCCn3ccnc3-c3ccccc3)ccc2N1. The highest BCUT2D eigenvalue weighted by atomic mass is 16.5. The van der Waals surface area contributed by atoms with Gasteiger partial charge in [-0.2, -0.15) is 0 Å². The molecule has 0 atom stereocenters. The number of hydrogen-bond acceptors (Lipinski definition) is 3. The van der Waals surface area contributed by atoms with Crippen molar-refractivity contribution in [3.63, 3.8) is 0 Å². The number of ether oxygens (including phenoxy) is 1. The highest BCUT2D eigenvalue weighted by Gasteiger charge is 2.15. The van der Waals surface area contributed by atoms with Crippen molar-refractivity contribution in [3.05, 3.63) is 66.5 Å². The van der Waals surface area contributed by atoms with E-state index in [0.29, 0.717) is 13.0 Å². The number of rotatable bonds is 6. The molecule has 0 saturated heterocycles. The Labute approximate surface area is 152 Å². The fraction of sp³-hybridized carbons (Fsp3) is 0.238. The average molecular weight is 347 g/mol. The molecule has 3 aromatic rings. The van der Waals surface area contributed by atoms with Gasteiger partial charge in [0.05, 0.1) is 6.61 Å². The van der Waals surface area contributed by atoms with Crippen LogP contribution in [0.5, 0.6) is 5.75 Å². The Kier molecular flexibility index (Phi) is 4.69. The maximum atomic E-state index is 11.4. The minimum Gasteiger partial charge on any atom is -0.494 e. The van der Waals surface area contributed by atoms with E-state index in [9.17, 15) is 4.79 Å². The topological polar surface area (TPSA) is 56.2 Å². The summed E-state index contributed by atoms with van der Waals surface area (Å²) in [4.78, 5) is 15.9. The largest absolute Gasteiger partial charge is 0.494 e. The zero-order chi connectivity index (χ0) is 17.8. The molecular weight excluding hydrogens is 326 g/mol. The van der Waals surface area contributed by atoms with Crippen LogP contribution in [0.15, 0.2) is 60.9 Å². The summed E-state index contributed by atoms with van der Waals surface area (Å²) in [5.74, 6) is 1.92. The van der Waals surface area contributed by atoms with E-state index in [0.717, 1.165) is 47.8 Å². The Hall–Kier alpha value is -3.08. The van der Waals surface area contributed by atoms with E-state index >= 15 is 0 Å². The molecule has 5 nitrogen and oxygen atoms in total. The number of aromatic nitrogens is 2. The number of anilines is 1. The van der Waals surface area contributed by atoms with Gasteiger partial charge in [0, 0.05) is 36.6 Å². The number of nitrogens with one attached hydrogen (secondary N) is 1. The summed E-state index contributed by atoms with van der Waals surface area (Å²) in [5, 5.41) is 2.89. The number of carbonyl (C=O) groups excluding carboxylic acids is 1. The van der Waals surface area contributed by atoms with Crippen molar-refractivity contribution in [2.24, 2.45) is 0 Å². The molecule has 26 heavy (non-hydrogen) atoms. The first-order valence-corrected chi connectivity index (χ1v) is 8.92. The zero-order valence-corrected chi connectivity index (χ0v) is 14.5. The van der Waals surface area contributed by atoms with Crippen LogP contribution in [-0.2, 0) is 17.8 Å². The number of hydrogen-bond donors (Lipinski definition) is 1. The minimum atomic E-state index is 0.0840. The Morgan fingerprint density at radius 3 is 2.88 bits per heavy atom. The van der Waals surface area contributed by atoms with Gasteiger partial charge in [0.15, 0.2) is 0 Å². The van der Waals surface area contributed by atoms with Crippen LogP contribution < -0.4 is 10.1 Å². The molecule has 0 aliphatic carbocycles. The van der Waals surface area contributed by atoms with Crippen LogP contribution in [0.1, 0.15) is 18.4 Å². The van der Waals surface area contributed by atoms with Crippen LogP contribution in [0.25, 0.3) is 11.4 Å². The van der Waals surface area contributed by atoms with Crippen molar-refractivity contribution in [1.82, 2.24) is 9.55 Å². The van der Waals surface area contributed by atoms with E-state index in [2.05, 4.69) is 27.0 Å². The molecule has 0 spiro atoms. The van der Waals surface area contributed by atoms with E-state index in [1.54, 1.807) is 0 Å². The molecule has 5 heteroatoms. The lowest BCUT2D eigenvalue weighted by atomic mass is 10.0. The van der Waals surface area contributed by atoms with Gasteiger partial charge < -0.3 is 14.6 Å². The predicted molar refractivity (Wildman–Crippen MR) is 101 cm³/mol. The number of fused-ring (bicyclic) bond motifs is 1. The van der Waals surface area contributed by atoms with Crippen molar-refractivity contribution >= 4 is 11.6 Å². The molecule has 0 fully saturated rings. The van der Waals surface area contributed by atoms with Gasteiger partial charge in [0.1, 0.15) is 11.6 Å². The normalized spacial score (nSPS) is 13.2. The second-order valence-corrected chi connectivity index (χ2v) is 6.38. The molecule has 1 amide bonds. The first-order valence-electron chi connectivity index (χ1n) is 8.92. The summed E-state index contributed by atoms with van der Waals surface area (Å²) >= 11 is 0. The fourth-order valence-corrected chi connectivity index (χ4v) is 3.21. The molecule has 4 rings (SSSR count). The van der Waals surface area contributed by atoms with Crippen LogP contribution in [0.3, 0.4) is 0 Å². The lowest BCUT2D eigenvalue weighted by molar-refractivity contribution is -0.116. The number of nitrogens with zero attached hydrogens (tertiary/aromatic N) is 2. The van der Waals surface area contributed by atoms with Crippen molar-refractivity contribution in [1.29, 1.82) is 0 Å². The Bertz CT molecular complexity index is 903. The highest BCUT2D eigenvalue weighted by molar-refractivity contribution is 5.93. The molecule has 0 saturated carbocycles. The summed E-state index contributed by atoms with van der Waals surface area (Å²) in [5.41, 5.74) is 3.16.